The van der Waals surface area contributed by atoms with E-state index in [1.807, 2.05) is 85.8 Å². The van der Waals surface area contributed by atoms with E-state index in [2.05, 4.69) is 10.6 Å². The zero-order chi connectivity index (χ0) is 29.5. The molecule has 3 aromatic carbocycles. The van der Waals surface area contributed by atoms with Crippen LogP contribution in [-0.4, -0.2) is 47.0 Å². The van der Waals surface area contributed by atoms with Crippen LogP contribution in [0, 0.1) is 11.8 Å². The van der Waals surface area contributed by atoms with Crippen LogP contribution in [0.2, 0.25) is 5.02 Å². The average Bonchev–Trinajstić information content (AvgIpc) is 3.57. The zero-order valence-electron chi connectivity index (χ0n) is 23.4. The predicted octanol–water partition coefficient (Wildman–Crippen LogP) is 4.02. The van der Waals surface area contributed by atoms with Gasteiger partial charge in [-0.25, -0.2) is 0 Å². The second-order valence-electron chi connectivity index (χ2n) is 11.2. The standard InChI is InChI=1S/C33H32ClN3O5/c1-32-16-17-33(42-32)27(26(32)29(38)35-19-22-10-14-25(41-2)15-11-22)31(40)37(20-23-8-12-24(34)13-9-23)28(33)30(39)36-18-21-6-4-3-5-7-21/h3-17,26-28H,18-20H2,1-2H3,(H,35,38)(H,36,39)/t26-,27+,28-,32-,33-/m1/s1. The molecule has 0 unspecified atom stereocenters. The van der Waals surface area contributed by atoms with Crippen LogP contribution in [0.25, 0.3) is 0 Å². The maximum atomic E-state index is 14.2. The molecule has 216 valence electrons. The molecule has 3 aromatic rings. The van der Waals surface area contributed by atoms with E-state index >= 15 is 0 Å². The minimum Gasteiger partial charge on any atom is -0.497 e. The molecule has 3 aliphatic rings. The lowest BCUT2D eigenvalue weighted by atomic mass is 9.70. The summed E-state index contributed by atoms with van der Waals surface area (Å²) in [7, 11) is 1.60. The summed E-state index contributed by atoms with van der Waals surface area (Å²) in [6.45, 7) is 2.56. The molecule has 5 atom stereocenters. The fourth-order valence-corrected chi connectivity index (χ4v) is 6.64. The molecular formula is C33H32ClN3O5. The molecule has 3 aliphatic heterocycles. The number of benzene rings is 3. The minimum absolute atomic E-state index is 0.172. The van der Waals surface area contributed by atoms with Crippen LogP contribution in [0.5, 0.6) is 5.75 Å². The molecule has 6 rings (SSSR count). The van der Waals surface area contributed by atoms with E-state index in [4.69, 9.17) is 21.1 Å². The molecule has 2 bridgehead atoms. The number of hydrogen-bond donors (Lipinski definition) is 2. The first-order valence-electron chi connectivity index (χ1n) is 13.9. The number of ether oxygens (including phenoxy) is 2. The molecule has 3 heterocycles. The second kappa shape index (κ2) is 10.9. The van der Waals surface area contributed by atoms with Crippen LogP contribution in [-0.2, 0) is 38.8 Å². The van der Waals surface area contributed by atoms with Gasteiger partial charge < -0.3 is 25.0 Å². The van der Waals surface area contributed by atoms with Crippen molar-refractivity contribution in [2.45, 2.75) is 43.8 Å². The van der Waals surface area contributed by atoms with E-state index in [1.165, 1.54) is 0 Å². The summed E-state index contributed by atoms with van der Waals surface area (Å²) in [5, 5.41) is 6.59. The molecule has 0 aromatic heterocycles. The van der Waals surface area contributed by atoms with Crippen molar-refractivity contribution in [2.24, 2.45) is 11.8 Å². The Morgan fingerprint density at radius 3 is 2.17 bits per heavy atom. The van der Waals surface area contributed by atoms with E-state index in [1.54, 1.807) is 24.1 Å². The smallest absolute Gasteiger partial charge is 0.246 e. The van der Waals surface area contributed by atoms with Gasteiger partial charge in [0.2, 0.25) is 17.7 Å². The van der Waals surface area contributed by atoms with Gasteiger partial charge in [0.05, 0.1) is 24.5 Å². The molecule has 0 aliphatic carbocycles. The maximum Gasteiger partial charge on any atom is 0.246 e. The van der Waals surface area contributed by atoms with Crippen LogP contribution in [0.3, 0.4) is 0 Å². The fourth-order valence-electron chi connectivity index (χ4n) is 6.51. The largest absolute Gasteiger partial charge is 0.497 e. The van der Waals surface area contributed by atoms with Crippen molar-refractivity contribution in [2.75, 3.05) is 7.11 Å². The van der Waals surface area contributed by atoms with Gasteiger partial charge in [-0.05, 0) is 47.9 Å². The Kier molecular flexibility index (Phi) is 7.29. The predicted molar refractivity (Wildman–Crippen MR) is 157 cm³/mol. The SMILES string of the molecule is COc1ccc(CNC(=O)[C@H]2[C@H]3C(=O)N(Cc4ccc(Cl)cc4)[C@H](C(=O)NCc4ccccc4)[C@@]34C=C[C@@]2(C)O4)cc1. The lowest BCUT2D eigenvalue weighted by Gasteiger charge is -2.33. The van der Waals surface area contributed by atoms with Gasteiger partial charge in [-0.15, -0.1) is 0 Å². The maximum absolute atomic E-state index is 14.2. The number of rotatable bonds is 9. The number of halogens is 1. The molecule has 2 N–H and O–H groups in total. The monoisotopic (exact) mass is 585 g/mol. The summed E-state index contributed by atoms with van der Waals surface area (Å²) >= 11 is 6.10. The topological polar surface area (TPSA) is 97.0 Å². The van der Waals surface area contributed by atoms with Crippen molar-refractivity contribution < 1.29 is 23.9 Å². The van der Waals surface area contributed by atoms with Crippen LogP contribution < -0.4 is 15.4 Å². The molecule has 9 heteroatoms. The van der Waals surface area contributed by atoms with E-state index in [-0.39, 0.29) is 30.8 Å². The summed E-state index contributed by atoms with van der Waals surface area (Å²) in [6, 6.07) is 23.2. The first kappa shape index (κ1) is 28.0. The third-order valence-corrected chi connectivity index (χ3v) is 8.78. The summed E-state index contributed by atoms with van der Waals surface area (Å²) in [6.07, 6.45) is 3.65. The molecule has 3 amide bonds. The van der Waals surface area contributed by atoms with Crippen LogP contribution >= 0.6 is 11.6 Å². The first-order chi connectivity index (χ1) is 20.2. The summed E-state index contributed by atoms with van der Waals surface area (Å²) in [5.74, 6) is -1.87. The number of likely N-dealkylation sites (tertiary alicyclic amines) is 1. The lowest BCUT2D eigenvalue weighted by Crippen LogP contribution is -2.54. The summed E-state index contributed by atoms with van der Waals surface area (Å²) in [4.78, 5) is 43.5. The highest BCUT2D eigenvalue weighted by molar-refractivity contribution is 6.30. The lowest BCUT2D eigenvalue weighted by molar-refractivity contribution is -0.145. The van der Waals surface area contributed by atoms with Gasteiger partial charge in [0.1, 0.15) is 17.4 Å². The number of methoxy groups -OCH3 is 1. The number of hydrogen-bond acceptors (Lipinski definition) is 5. The zero-order valence-corrected chi connectivity index (χ0v) is 24.1. The van der Waals surface area contributed by atoms with Crippen molar-refractivity contribution in [3.63, 3.8) is 0 Å². The van der Waals surface area contributed by atoms with Gasteiger partial charge in [-0.2, -0.15) is 0 Å². The molecule has 42 heavy (non-hydrogen) atoms. The highest BCUT2D eigenvalue weighted by atomic mass is 35.5. The normalized spacial score (nSPS) is 27.2. The quantitative estimate of drug-likeness (QED) is 0.370. The van der Waals surface area contributed by atoms with Gasteiger partial charge >= 0.3 is 0 Å². The van der Waals surface area contributed by atoms with Gasteiger partial charge in [-0.3, -0.25) is 14.4 Å². The van der Waals surface area contributed by atoms with Crippen molar-refractivity contribution in [1.82, 2.24) is 15.5 Å². The van der Waals surface area contributed by atoms with Gasteiger partial charge in [0.25, 0.3) is 0 Å². The Morgan fingerprint density at radius 2 is 1.50 bits per heavy atom. The van der Waals surface area contributed by atoms with E-state index in [9.17, 15) is 14.4 Å². The van der Waals surface area contributed by atoms with E-state index < -0.39 is 29.1 Å². The van der Waals surface area contributed by atoms with Crippen molar-refractivity contribution in [3.8, 4) is 5.75 Å². The van der Waals surface area contributed by atoms with Crippen LogP contribution in [0.1, 0.15) is 23.6 Å². The Hall–Kier alpha value is -4.14. The van der Waals surface area contributed by atoms with Crippen molar-refractivity contribution in [1.29, 1.82) is 0 Å². The molecule has 8 nitrogen and oxygen atoms in total. The number of nitrogens with zero attached hydrogens (tertiary/aromatic N) is 1. The van der Waals surface area contributed by atoms with Crippen LogP contribution in [0.15, 0.2) is 91.0 Å². The van der Waals surface area contributed by atoms with Crippen molar-refractivity contribution >= 4 is 29.3 Å². The number of fused-ring (bicyclic) bond motifs is 1. The third-order valence-electron chi connectivity index (χ3n) is 8.53. The first-order valence-corrected chi connectivity index (χ1v) is 14.3. The number of amides is 3. The summed E-state index contributed by atoms with van der Waals surface area (Å²) in [5.41, 5.74) is 0.332. The highest BCUT2D eigenvalue weighted by Gasteiger charge is 2.76. The Labute approximate surface area is 249 Å². The van der Waals surface area contributed by atoms with Crippen molar-refractivity contribution in [3.05, 3.63) is 113 Å². The highest BCUT2D eigenvalue weighted by Crippen LogP contribution is 2.59. The second-order valence-corrected chi connectivity index (χ2v) is 11.6. The fraction of sp³-hybridized carbons (Fsp3) is 0.303. The van der Waals surface area contributed by atoms with E-state index in [0.29, 0.717) is 11.6 Å². The number of nitrogens with one attached hydrogen (secondary N) is 2. The van der Waals surface area contributed by atoms with Gasteiger partial charge in [-0.1, -0.05) is 78.4 Å². The summed E-state index contributed by atoms with van der Waals surface area (Å²) < 4.78 is 11.8. The Morgan fingerprint density at radius 1 is 0.881 bits per heavy atom. The van der Waals surface area contributed by atoms with Gasteiger partial charge in [0, 0.05) is 24.7 Å². The minimum atomic E-state index is -1.28. The van der Waals surface area contributed by atoms with E-state index in [0.717, 1.165) is 22.4 Å². The Bertz CT molecular complexity index is 1530. The molecule has 1 spiro atoms. The molecule has 0 saturated carbocycles. The molecule has 0 radical (unpaired) electrons. The average molecular weight is 586 g/mol. The molecule has 2 saturated heterocycles. The Balaban J connectivity index is 1.29. The number of carbonyl (C=O) groups excluding carboxylic acids is 3. The third kappa shape index (κ3) is 4.84. The van der Waals surface area contributed by atoms with Crippen LogP contribution in [0.4, 0.5) is 0 Å². The van der Waals surface area contributed by atoms with Gasteiger partial charge in [0.15, 0.2) is 0 Å². The number of carbonyl (C=O) groups is 3. The molecular weight excluding hydrogens is 554 g/mol. The molecule has 2 fully saturated rings.